The summed E-state index contributed by atoms with van der Waals surface area (Å²) >= 11 is 0. The lowest BCUT2D eigenvalue weighted by Crippen LogP contribution is -2.50. The Labute approximate surface area is 179 Å². The van der Waals surface area contributed by atoms with Crippen LogP contribution in [0.3, 0.4) is 0 Å². The molecule has 1 aliphatic rings. The van der Waals surface area contributed by atoms with Crippen molar-refractivity contribution in [2.75, 3.05) is 6.61 Å². The normalized spacial score (nSPS) is 18.5. The van der Waals surface area contributed by atoms with Crippen LogP contribution < -0.4 is 5.32 Å². The molecule has 2 aromatic carbocycles. The number of para-hydroxylation sites is 1. The summed E-state index contributed by atoms with van der Waals surface area (Å²) in [7, 11) is 0. The summed E-state index contributed by atoms with van der Waals surface area (Å²) in [5, 5.41) is 3.47. The first-order valence-corrected chi connectivity index (χ1v) is 9.97. The minimum absolute atomic E-state index is 0.00752. The molecule has 4 rings (SSSR count). The Morgan fingerprint density at radius 2 is 1.90 bits per heavy atom. The van der Waals surface area contributed by atoms with E-state index in [1.807, 2.05) is 60.8 Å². The van der Waals surface area contributed by atoms with Gasteiger partial charge in [-0.3, -0.25) is 4.79 Å². The molecule has 0 bridgehead atoms. The second kappa shape index (κ2) is 8.87. The first-order valence-electron chi connectivity index (χ1n) is 9.97. The maximum atomic E-state index is 12.5. The smallest absolute Gasteiger partial charge is 0.408 e. The Bertz CT molecular complexity index is 1140. The molecule has 0 unspecified atom stereocenters. The van der Waals surface area contributed by atoms with Crippen molar-refractivity contribution in [3.8, 4) is 0 Å². The zero-order valence-corrected chi connectivity index (χ0v) is 16.8. The predicted octanol–water partition coefficient (Wildman–Crippen LogP) is 3.53. The van der Waals surface area contributed by atoms with Crippen LogP contribution in [0.5, 0.6) is 0 Å². The van der Waals surface area contributed by atoms with E-state index in [1.54, 1.807) is 0 Å². The maximum absolute atomic E-state index is 12.5. The lowest BCUT2D eigenvalue weighted by atomic mass is 9.86. The van der Waals surface area contributed by atoms with Gasteiger partial charge in [0.25, 0.3) is 0 Å². The zero-order valence-electron chi connectivity index (χ0n) is 16.8. The fraction of sp³-hybridized carbons (Fsp3) is 0.208. The van der Waals surface area contributed by atoms with Crippen molar-refractivity contribution < 1.29 is 23.9 Å². The van der Waals surface area contributed by atoms with E-state index in [0.717, 1.165) is 22.0 Å². The Kier molecular flexibility index (Phi) is 5.84. The summed E-state index contributed by atoms with van der Waals surface area (Å²) < 4.78 is 11.8. The maximum Gasteiger partial charge on any atom is 0.408 e. The fourth-order valence-corrected chi connectivity index (χ4v) is 3.91. The SMILES string of the molecule is C=CCOC(=O)N[C@@H]1C(=O)OC(=O)C[C@H]1c1cn(Cc2ccccc2)c2ccccc12. The van der Waals surface area contributed by atoms with Crippen LogP contribution >= 0.6 is 0 Å². The highest BCUT2D eigenvalue weighted by molar-refractivity contribution is 5.96. The summed E-state index contributed by atoms with van der Waals surface area (Å²) in [5.74, 6) is -1.99. The van der Waals surface area contributed by atoms with Gasteiger partial charge in [-0.15, -0.1) is 0 Å². The van der Waals surface area contributed by atoms with Crippen molar-refractivity contribution in [3.05, 3.63) is 84.6 Å². The van der Waals surface area contributed by atoms with Gasteiger partial charge in [-0.25, -0.2) is 9.59 Å². The molecule has 7 heteroatoms. The van der Waals surface area contributed by atoms with Gasteiger partial charge in [-0.05, 0) is 17.2 Å². The standard InChI is InChI=1S/C24H22N2O5/c1-2-12-30-24(29)25-22-18(13-21(27)31-23(22)28)19-15-26(14-16-8-4-3-5-9-16)20-11-7-6-10-17(19)20/h2-11,15,18,22H,1,12-14H2,(H,25,29)/t18-,22-/m0/s1. The first kappa shape index (κ1) is 20.4. The lowest BCUT2D eigenvalue weighted by molar-refractivity contribution is -0.166. The predicted molar refractivity (Wildman–Crippen MR) is 114 cm³/mol. The summed E-state index contributed by atoms with van der Waals surface area (Å²) in [4.78, 5) is 36.7. The van der Waals surface area contributed by atoms with Crippen LogP contribution in [-0.4, -0.2) is 35.2 Å². The average Bonchev–Trinajstić information content (AvgIpc) is 3.13. The van der Waals surface area contributed by atoms with Crippen molar-refractivity contribution in [2.24, 2.45) is 0 Å². The number of ether oxygens (including phenoxy) is 2. The Balaban J connectivity index is 1.72. The first-order chi connectivity index (χ1) is 15.1. The molecule has 1 aromatic heterocycles. The number of hydrogen-bond donors (Lipinski definition) is 1. The van der Waals surface area contributed by atoms with Crippen LogP contribution in [0, 0.1) is 0 Å². The highest BCUT2D eigenvalue weighted by Crippen LogP contribution is 2.35. The Hall–Kier alpha value is -3.87. The van der Waals surface area contributed by atoms with Gasteiger partial charge in [-0.2, -0.15) is 0 Å². The van der Waals surface area contributed by atoms with Crippen molar-refractivity contribution in [3.63, 3.8) is 0 Å². The Morgan fingerprint density at radius 3 is 2.68 bits per heavy atom. The molecule has 1 saturated heterocycles. The molecule has 0 saturated carbocycles. The summed E-state index contributed by atoms with van der Waals surface area (Å²) in [6, 6.07) is 16.7. The van der Waals surface area contributed by atoms with E-state index < -0.39 is 30.0 Å². The van der Waals surface area contributed by atoms with Gasteiger partial charge in [0.05, 0.1) is 6.42 Å². The molecule has 1 amide bonds. The molecular formula is C24H22N2O5. The number of alkyl carbamates (subject to hydrolysis) is 1. The largest absolute Gasteiger partial charge is 0.445 e. The summed E-state index contributed by atoms with van der Waals surface area (Å²) in [6.07, 6.45) is 2.57. The Morgan fingerprint density at radius 1 is 1.16 bits per heavy atom. The van der Waals surface area contributed by atoms with Crippen LogP contribution in [0.1, 0.15) is 23.5 Å². The number of nitrogens with one attached hydrogen (secondary N) is 1. The molecule has 7 nitrogen and oxygen atoms in total. The monoisotopic (exact) mass is 418 g/mol. The third kappa shape index (κ3) is 4.35. The number of cyclic esters (lactones) is 2. The number of amides is 1. The van der Waals surface area contributed by atoms with Gasteiger partial charge >= 0.3 is 18.0 Å². The molecule has 3 aromatic rings. The molecule has 2 heterocycles. The van der Waals surface area contributed by atoms with E-state index in [-0.39, 0.29) is 13.0 Å². The van der Waals surface area contributed by atoms with Gasteiger partial charge in [0.1, 0.15) is 12.6 Å². The van der Waals surface area contributed by atoms with E-state index >= 15 is 0 Å². The van der Waals surface area contributed by atoms with E-state index in [1.165, 1.54) is 6.08 Å². The van der Waals surface area contributed by atoms with E-state index in [0.29, 0.717) is 6.54 Å². The molecule has 31 heavy (non-hydrogen) atoms. The number of nitrogens with zero attached hydrogens (tertiary/aromatic N) is 1. The highest BCUT2D eigenvalue weighted by Gasteiger charge is 2.41. The lowest BCUT2D eigenvalue weighted by Gasteiger charge is -2.29. The molecule has 0 spiro atoms. The van der Waals surface area contributed by atoms with Gasteiger partial charge in [0.15, 0.2) is 0 Å². The topological polar surface area (TPSA) is 86.6 Å². The number of hydrogen-bond acceptors (Lipinski definition) is 5. The second-order valence-corrected chi connectivity index (χ2v) is 7.33. The highest BCUT2D eigenvalue weighted by atomic mass is 16.6. The molecule has 0 aliphatic carbocycles. The molecule has 2 atom stereocenters. The second-order valence-electron chi connectivity index (χ2n) is 7.33. The number of carbonyl (C=O) groups is 3. The number of benzene rings is 2. The van der Waals surface area contributed by atoms with Crippen LogP contribution in [0.25, 0.3) is 10.9 Å². The van der Waals surface area contributed by atoms with Crippen LogP contribution in [0.2, 0.25) is 0 Å². The van der Waals surface area contributed by atoms with Crippen molar-refractivity contribution in [1.29, 1.82) is 0 Å². The third-order valence-corrected chi connectivity index (χ3v) is 5.28. The summed E-state index contributed by atoms with van der Waals surface area (Å²) in [5.41, 5.74) is 2.89. The number of fused-ring (bicyclic) bond motifs is 1. The van der Waals surface area contributed by atoms with Gasteiger partial charge in [-0.1, -0.05) is 61.2 Å². The van der Waals surface area contributed by atoms with Crippen LogP contribution in [0.15, 0.2) is 73.4 Å². The number of aromatic nitrogens is 1. The van der Waals surface area contributed by atoms with E-state index in [9.17, 15) is 14.4 Å². The van der Waals surface area contributed by atoms with E-state index in [4.69, 9.17) is 9.47 Å². The van der Waals surface area contributed by atoms with E-state index in [2.05, 4.69) is 16.5 Å². The van der Waals surface area contributed by atoms with Gasteiger partial charge < -0.3 is 19.4 Å². The van der Waals surface area contributed by atoms with Crippen LogP contribution in [0.4, 0.5) is 4.79 Å². The minimum atomic E-state index is -1.04. The summed E-state index contributed by atoms with van der Waals surface area (Å²) in [6.45, 7) is 4.13. The zero-order chi connectivity index (χ0) is 21.8. The average molecular weight is 418 g/mol. The minimum Gasteiger partial charge on any atom is -0.445 e. The quantitative estimate of drug-likeness (QED) is 0.376. The number of carbonyl (C=O) groups excluding carboxylic acids is 3. The van der Waals surface area contributed by atoms with Gasteiger partial charge in [0, 0.05) is 29.6 Å². The molecule has 158 valence electrons. The fourth-order valence-electron chi connectivity index (χ4n) is 3.91. The van der Waals surface area contributed by atoms with Crippen molar-refractivity contribution >= 4 is 28.9 Å². The van der Waals surface area contributed by atoms with Crippen molar-refractivity contribution in [1.82, 2.24) is 9.88 Å². The van der Waals surface area contributed by atoms with Gasteiger partial charge in [0.2, 0.25) is 0 Å². The molecule has 0 radical (unpaired) electrons. The number of esters is 2. The molecule has 1 aliphatic heterocycles. The molecule has 1 N–H and O–H groups in total. The third-order valence-electron chi connectivity index (χ3n) is 5.28. The molecular weight excluding hydrogens is 396 g/mol. The molecule has 1 fully saturated rings. The van der Waals surface area contributed by atoms with Crippen LogP contribution in [-0.2, 0) is 25.6 Å². The van der Waals surface area contributed by atoms with Crippen molar-refractivity contribution in [2.45, 2.75) is 24.9 Å². The number of rotatable bonds is 6.